The van der Waals surface area contributed by atoms with Gasteiger partial charge < -0.3 is 0 Å². The zero-order chi connectivity index (χ0) is 8.74. The van der Waals surface area contributed by atoms with Gasteiger partial charge in [0.15, 0.2) is 0 Å². The summed E-state index contributed by atoms with van der Waals surface area (Å²) in [6.07, 6.45) is 1.35. The Morgan fingerprint density at radius 3 is 2.55 bits per heavy atom. The molecular formula is C5H12NO4S. The van der Waals surface area contributed by atoms with Gasteiger partial charge in [-0.15, -0.1) is 0 Å². The van der Waals surface area contributed by atoms with Crippen LogP contribution in [0.4, 0.5) is 0 Å². The molecule has 67 valence electrons. The molecule has 1 N–H and O–H groups in total. The lowest BCUT2D eigenvalue weighted by Crippen LogP contribution is -2.06. The minimum atomic E-state index is -4.24. The first-order chi connectivity index (χ1) is 5.06. The van der Waals surface area contributed by atoms with Gasteiger partial charge in [0.05, 0.1) is 6.61 Å². The highest BCUT2D eigenvalue weighted by atomic mass is 32.3. The highest BCUT2D eigenvalue weighted by Crippen LogP contribution is 1.92. The summed E-state index contributed by atoms with van der Waals surface area (Å²) >= 11 is 0. The summed E-state index contributed by atoms with van der Waals surface area (Å²) in [5, 5.41) is 3.80. The smallest absolute Gasteiger partial charge is 0.264 e. The minimum absolute atomic E-state index is 0.0222. The predicted molar refractivity (Wildman–Crippen MR) is 39.7 cm³/mol. The van der Waals surface area contributed by atoms with Gasteiger partial charge in [-0.2, -0.15) is 8.42 Å². The van der Waals surface area contributed by atoms with Crippen molar-refractivity contribution in [2.75, 3.05) is 20.2 Å². The fourth-order valence-corrected chi connectivity index (χ4v) is 0.865. The van der Waals surface area contributed by atoms with Gasteiger partial charge in [-0.3, -0.25) is 4.55 Å². The molecule has 0 aliphatic rings. The van der Waals surface area contributed by atoms with Gasteiger partial charge >= 0.3 is 10.4 Å². The molecule has 0 fully saturated rings. The van der Waals surface area contributed by atoms with Crippen molar-refractivity contribution in [3.8, 4) is 0 Å². The second-order valence-electron chi connectivity index (χ2n) is 2.00. The largest absolute Gasteiger partial charge is 0.397 e. The van der Waals surface area contributed by atoms with Crippen LogP contribution in [-0.2, 0) is 14.6 Å². The molecule has 5 nitrogen and oxygen atoms in total. The number of rotatable bonds is 6. The van der Waals surface area contributed by atoms with E-state index >= 15 is 0 Å². The van der Waals surface area contributed by atoms with Crippen LogP contribution in [0.2, 0.25) is 0 Å². The highest BCUT2D eigenvalue weighted by molar-refractivity contribution is 7.80. The van der Waals surface area contributed by atoms with Crippen LogP contribution in [-0.4, -0.2) is 33.2 Å². The standard InChI is InChI=1S/C5H12NO4S/c1-6-4-2-3-5-10-11(7,8)9/h2-5H2,1H3,(H,7,8,9). The van der Waals surface area contributed by atoms with Crippen LogP contribution < -0.4 is 5.32 Å². The van der Waals surface area contributed by atoms with Crippen LogP contribution in [0, 0.1) is 0 Å². The molecule has 0 aliphatic heterocycles. The Kier molecular flexibility index (Phi) is 5.39. The third-order valence-electron chi connectivity index (χ3n) is 1.01. The van der Waals surface area contributed by atoms with Gasteiger partial charge in [0.1, 0.15) is 0 Å². The Morgan fingerprint density at radius 2 is 2.09 bits per heavy atom. The van der Waals surface area contributed by atoms with E-state index in [4.69, 9.17) is 4.55 Å². The maximum absolute atomic E-state index is 9.97. The van der Waals surface area contributed by atoms with Gasteiger partial charge in [-0.1, -0.05) is 0 Å². The second kappa shape index (κ2) is 5.48. The molecule has 0 unspecified atom stereocenters. The first-order valence-corrected chi connectivity index (χ1v) is 4.60. The SMILES string of the molecule is C[N]CCCCOS(=O)(=O)O. The summed E-state index contributed by atoms with van der Waals surface area (Å²) < 4.78 is 32.1. The quantitative estimate of drug-likeness (QED) is 0.456. The third kappa shape index (κ3) is 9.83. The summed E-state index contributed by atoms with van der Waals surface area (Å²) in [6.45, 7) is 0.711. The highest BCUT2D eigenvalue weighted by Gasteiger charge is 2.01. The lowest BCUT2D eigenvalue weighted by Gasteiger charge is -1.98. The van der Waals surface area contributed by atoms with E-state index in [1.807, 2.05) is 0 Å². The molecule has 0 spiro atoms. The molecule has 0 aromatic rings. The van der Waals surface area contributed by atoms with Gasteiger partial charge in [0.2, 0.25) is 0 Å². The Labute approximate surface area is 66.7 Å². The molecule has 0 aliphatic carbocycles. The Balaban J connectivity index is 3.16. The molecule has 0 amide bonds. The van der Waals surface area contributed by atoms with Gasteiger partial charge in [-0.05, 0) is 12.8 Å². The number of hydrogen-bond donors (Lipinski definition) is 1. The van der Waals surface area contributed by atoms with E-state index in [2.05, 4.69) is 9.50 Å². The third-order valence-corrected chi connectivity index (χ3v) is 1.47. The van der Waals surface area contributed by atoms with Crippen molar-refractivity contribution < 1.29 is 17.2 Å². The Bertz CT molecular complexity index is 177. The average molecular weight is 182 g/mol. The molecule has 1 radical (unpaired) electrons. The fourth-order valence-electron chi connectivity index (χ4n) is 0.536. The first-order valence-electron chi connectivity index (χ1n) is 3.23. The van der Waals surface area contributed by atoms with Crippen molar-refractivity contribution in [2.24, 2.45) is 0 Å². The van der Waals surface area contributed by atoms with E-state index < -0.39 is 10.4 Å². The van der Waals surface area contributed by atoms with Crippen molar-refractivity contribution in [1.29, 1.82) is 0 Å². The molecule has 0 rings (SSSR count). The molecule has 0 atom stereocenters. The van der Waals surface area contributed by atoms with E-state index in [0.29, 0.717) is 13.0 Å². The molecule has 0 aromatic heterocycles. The first kappa shape index (κ1) is 10.8. The summed E-state index contributed by atoms with van der Waals surface area (Å²) in [4.78, 5) is 0. The van der Waals surface area contributed by atoms with Crippen molar-refractivity contribution >= 4 is 10.4 Å². The molecule has 0 saturated carbocycles. The maximum Gasteiger partial charge on any atom is 0.397 e. The molecule has 0 aromatic carbocycles. The van der Waals surface area contributed by atoms with Gasteiger partial charge in [0.25, 0.3) is 0 Å². The van der Waals surface area contributed by atoms with Crippen LogP contribution >= 0.6 is 0 Å². The molecule has 0 saturated heterocycles. The fraction of sp³-hybridized carbons (Fsp3) is 1.00. The van der Waals surface area contributed by atoms with Crippen LogP contribution in [0.25, 0.3) is 0 Å². The molecular weight excluding hydrogens is 170 g/mol. The van der Waals surface area contributed by atoms with Crippen LogP contribution in [0.1, 0.15) is 12.8 Å². The number of nitrogens with zero attached hydrogens (tertiary/aromatic N) is 1. The normalized spacial score (nSPS) is 11.8. The van der Waals surface area contributed by atoms with Crippen molar-refractivity contribution in [2.45, 2.75) is 12.8 Å². The van der Waals surface area contributed by atoms with E-state index in [-0.39, 0.29) is 6.61 Å². The van der Waals surface area contributed by atoms with E-state index in [9.17, 15) is 8.42 Å². The maximum atomic E-state index is 9.97. The summed E-state index contributed by atoms with van der Waals surface area (Å²) in [7, 11) is -2.56. The topological polar surface area (TPSA) is 77.7 Å². The molecule has 6 heteroatoms. The number of unbranched alkanes of at least 4 members (excludes halogenated alkanes) is 1. The number of hydrogen-bond acceptors (Lipinski definition) is 3. The van der Waals surface area contributed by atoms with Crippen molar-refractivity contribution in [3.63, 3.8) is 0 Å². The van der Waals surface area contributed by atoms with E-state index in [1.54, 1.807) is 7.05 Å². The lowest BCUT2D eigenvalue weighted by molar-refractivity contribution is 0.262. The molecule has 0 heterocycles. The summed E-state index contributed by atoms with van der Waals surface area (Å²) in [6, 6.07) is 0. The monoisotopic (exact) mass is 182 g/mol. The van der Waals surface area contributed by atoms with Crippen LogP contribution in [0.5, 0.6) is 0 Å². The average Bonchev–Trinajstić information content (AvgIpc) is 1.85. The minimum Gasteiger partial charge on any atom is -0.264 e. The summed E-state index contributed by atoms with van der Waals surface area (Å²) in [5.41, 5.74) is 0. The second-order valence-corrected chi connectivity index (χ2v) is 3.09. The lowest BCUT2D eigenvalue weighted by atomic mass is 10.3. The van der Waals surface area contributed by atoms with Crippen molar-refractivity contribution in [3.05, 3.63) is 0 Å². The van der Waals surface area contributed by atoms with Crippen LogP contribution in [0.15, 0.2) is 0 Å². The Hall–Kier alpha value is -0.170. The molecule has 11 heavy (non-hydrogen) atoms. The zero-order valence-corrected chi connectivity index (χ0v) is 7.17. The van der Waals surface area contributed by atoms with Crippen molar-refractivity contribution in [1.82, 2.24) is 5.32 Å². The molecule has 0 bridgehead atoms. The predicted octanol–water partition coefficient (Wildman–Crippen LogP) is -0.180. The van der Waals surface area contributed by atoms with Gasteiger partial charge in [-0.25, -0.2) is 9.50 Å². The Morgan fingerprint density at radius 1 is 1.45 bits per heavy atom. The zero-order valence-electron chi connectivity index (χ0n) is 6.36. The van der Waals surface area contributed by atoms with E-state index in [1.165, 1.54) is 0 Å². The van der Waals surface area contributed by atoms with E-state index in [0.717, 1.165) is 6.42 Å². The van der Waals surface area contributed by atoms with Crippen LogP contribution in [0.3, 0.4) is 0 Å². The van der Waals surface area contributed by atoms with Gasteiger partial charge in [0, 0.05) is 13.6 Å². The summed E-state index contributed by atoms with van der Waals surface area (Å²) in [5.74, 6) is 0.